The Morgan fingerprint density at radius 1 is 1.07 bits per heavy atom. The molecule has 154 valence electrons. The van der Waals surface area contributed by atoms with E-state index in [0.717, 1.165) is 18.2 Å². The van der Waals surface area contributed by atoms with Crippen LogP contribution >= 0.6 is 0 Å². The second-order valence-electron chi connectivity index (χ2n) is 7.58. The third-order valence-corrected chi connectivity index (χ3v) is 7.49. The lowest BCUT2D eigenvalue weighted by Crippen LogP contribution is -2.52. The minimum absolute atomic E-state index is 0.0314. The molecule has 2 aromatic carbocycles. The van der Waals surface area contributed by atoms with Crippen molar-refractivity contribution >= 4 is 21.6 Å². The third kappa shape index (κ3) is 3.92. The predicted octanol–water partition coefficient (Wildman–Crippen LogP) is 2.11. The SMILES string of the molecule is C[C@@H]1Cc2ccccc2N1C(=O)CN1CCN(S(=O)(=O)c2cccc(F)c2)CC1. The van der Waals surface area contributed by atoms with Crippen molar-refractivity contribution < 1.29 is 17.6 Å². The molecule has 0 N–H and O–H groups in total. The Balaban J connectivity index is 1.39. The van der Waals surface area contributed by atoms with Crippen LogP contribution in [0.4, 0.5) is 10.1 Å². The number of nitrogens with zero attached hydrogens (tertiary/aromatic N) is 3. The quantitative estimate of drug-likeness (QED) is 0.765. The number of hydrogen-bond donors (Lipinski definition) is 0. The van der Waals surface area contributed by atoms with Crippen LogP contribution in [0.3, 0.4) is 0 Å². The summed E-state index contributed by atoms with van der Waals surface area (Å²) in [6, 6.07) is 13.1. The number of hydrogen-bond acceptors (Lipinski definition) is 4. The van der Waals surface area contributed by atoms with Crippen LogP contribution in [0.25, 0.3) is 0 Å². The highest BCUT2D eigenvalue weighted by Crippen LogP contribution is 2.32. The molecule has 2 heterocycles. The number of sulfonamides is 1. The molecule has 0 bridgehead atoms. The van der Waals surface area contributed by atoms with Gasteiger partial charge in [-0.1, -0.05) is 24.3 Å². The molecule has 1 atom stereocenters. The molecule has 2 aliphatic rings. The fraction of sp³-hybridized carbons (Fsp3) is 0.381. The zero-order valence-corrected chi connectivity index (χ0v) is 17.1. The summed E-state index contributed by atoms with van der Waals surface area (Å²) < 4.78 is 40.2. The monoisotopic (exact) mass is 417 g/mol. The maximum absolute atomic E-state index is 13.4. The fourth-order valence-corrected chi connectivity index (χ4v) is 5.57. The van der Waals surface area contributed by atoms with Gasteiger partial charge in [0, 0.05) is 37.9 Å². The molecular weight excluding hydrogens is 393 g/mol. The van der Waals surface area contributed by atoms with Crippen LogP contribution in [-0.2, 0) is 21.2 Å². The number of rotatable bonds is 4. The molecule has 1 saturated heterocycles. The Kier molecular flexibility index (Phi) is 5.42. The first-order valence-electron chi connectivity index (χ1n) is 9.74. The molecule has 0 spiro atoms. The molecular formula is C21H24FN3O3S. The summed E-state index contributed by atoms with van der Waals surface area (Å²) in [7, 11) is -3.73. The summed E-state index contributed by atoms with van der Waals surface area (Å²) in [5.74, 6) is -0.542. The molecule has 6 nitrogen and oxygen atoms in total. The van der Waals surface area contributed by atoms with Gasteiger partial charge in [0.15, 0.2) is 0 Å². The first-order chi connectivity index (χ1) is 13.9. The van der Waals surface area contributed by atoms with E-state index in [9.17, 15) is 17.6 Å². The summed E-state index contributed by atoms with van der Waals surface area (Å²) in [5.41, 5.74) is 2.15. The number of benzene rings is 2. The van der Waals surface area contributed by atoms with Crippen molar-refractivity contribution in [3.05, 3.63) is 59.9 Å². The molecule has 29 heavy (non-hydrogen) atoms. The maximum Gasteiger partial charge on any atom is 0.243 e. The number of anilines is 1. The molecule has 8 heteroatoms. The van der Waals surface area contributed by atoms with Gasteiger partial charge >= 0.3 is 0 Å². The number of fused-ring (bicyclic) bond motifs is 1. The zero-order valence-electron chi connectivity index (χ0n) is 16.3. The van der Waals surface area contributed by atoms with Gasteiger partial charge in [-0.3, -0.25) is 9.69 Å². The van der Waals surface area contributed by atoms with Gasteiger partial charge in [-0.2, -0.15) is 4.31 Å². The molecule has 0 unspecified atom stereocenters. The number of para-hydroxylation sites is 1. The number of carbonyl (C=O) groups is 1. The zero-order chi connectivity index (χ0) is 20.6. The second-order valence-corrected chi connectivity index (χ2v) is 9.52. The van der Waals surface area contributed by atoms with Gasteiger partial charge in [0.1, 0.15) is 5.82 Å². The molecule has 1 fully saturated rings. The first kappa shape index (κ1) is 20.0. The van der Waals surface area contributed by atoms with Gasteiger partial charge in [-0.25, -0.2) is 12.8 Å². The second kappa shape index (κ2) is 7.85. The molecule has 0 aliphatic carbocycles. The van der Waals surface area contributed by atoms with E-state index in [1.807, 2.05) is 34.9 Å². The Hall–Kier alpha value is -2.29. The number of carbonyl (C=O) groups excluding carboxylic acids is 1. The van der Waals surface area contributed by atoms with E-state index < -0.39 is 15.8 Å². The number of amides is 1. The number of halogens is 1. The Labute approximate surface area is 170 Å². The van der Waals surface area contributed by atoms with Gasteiger partial charge in [0.05, 0.1) is 11.4 Å². The average Bonchev–Trinajstić information content (AvgIpc) is 3.04. The van der Waals surface area contributed by atoms with Crippen molar-refractivity contribution in [3.63, 3.8) is 0 Å². The van der Waals surface area contributed by atoms with Gasteiger partial charge in [0.25, 0.3) is 0 Å². The lowest BCUT2D eigenvalue weighted by atomic mass is 10.1. The molecule has 2 aliphatic heterocycles. The minimum Gasteiger partial charge on any atom is -0.308 e. The summed E-state index contributed by atoms with van der Waals surface area (Å²) in [6.45, 7) is 3.78. The highest BCUT2D eigenvalue weighted by Gasteiger charge is 2.33. The van der Waals surface area contributed by atoms with Crippen LogP contribution in [0.5, 0.6) is 0 Å². The highest BCUT2D eigenvalue weighted by atomic mass is 32.2. The summed E-state index contributed by atoms with van der Waals surface area (Å²) in [6.07, 6.45) is 0.849. The van der Waals surface area contributed by atoms with Gasteiger partial charge in [-0.15, -0.1) is 0 Å². The van der Waals surface area contributed by atoms with E-state index in [1.165, 1.54) is 28.1 Å². The lowest BCUT2D eigenvalue weighted by molar-refractivity contribution is -0.120. The van der Waals surface area contributed by atoms with Crippen LogP contribution < -0.4 is 4.90 Å². The van der Waals surface area contributed by atoms with Crippen molar-refractivity contribution in [1.29, 1.82) is 0 Å². The summed E-state index contributed by atoms with van der Waals surface area (Å²) in [4.78, 5) is 16.7. The van der Waals surface area contributed by atoms with E-state index in [4.69, 9.17) is 0 Å². The predicted molar refractivity (Wildman–Crippen MR) is 109 cm³/mol. The van der Waals surface area contributed by atoms with Gasteiger partial charge in [0.2, 0.25) is 15.9 Å². The minimum atomic E-state index is -3.73. The molecule has 2 aromatic rings. The van der Waals surface area contributed by atoms with Crippen molar-refractivity contribution in [1.82, 2.24) is 9.21 Å². The highest BCUT2D eigenvalue weighted by molar-refractivity contribution is 7.89. The molecule has 4 rings (SSSR count). The largest absolute Gasteiger partial charge is 0.308 e. The van der Waals surface area contributed by atoms with E-state index in [0.29, 0.717) is 13.1 Å². The molecule has 0 aromatic heterocycles. The third-order valence-electron chi connectivity index (χ3n) is 5.60. The lowest BCUT2D eigenvalue weighted by Gasteiger charge is -2.34. The van der Waals surface area contributed by atoms with E-state index >= 15 is 0 Å². The van der Waals surface area contributed by atoms with Crippen LogP contribution in [-0.4, -0.2) is 62.3 Å². The van der Waals surface area contributed by atoms with E-state index in [1.54, 1.807) is 0 Å². The van der Waals surface area contributed by atoms with E-state index in [-0.39, 0.29) is 36.5 Å². The fourth-order valence-electron chi connectivity index (χ4n) is 4.12. The standard InChI is InChI=1S/C21H24FN3O3S/c1-16-13-17-5-2-3-8-20(17)25(16)21(26)15-23-9-11-24(12-10-23)29(27,28)19-7-4-6-18(22)14-19/h2-8,14,16H,9-13,15H2,1H3/t16-/m1/s1. The van der Waals surface area contributed by atoms with Crippen LogP contribution in [0.1, 0.15) is 12.5 Å². The Morgan fingerprint density at radius 2 is 1.79 bits per heavy atom. The first-order valence-corrected chi connectivity index (χ1v) is 11.2. The number of piperazine rings is 1. The smallest absolute Gasteiger partial charge is 0.243 e. The van der Waals surface area contributed by atoms with Crippen molar-refractivity contribution in [2.75, 3.05) is 37.6 Å². The van der Waals surface area contributed by atoms with Gasteiger partial charge < -0.3 is 4.90 Å². The molecule has 1 amide bonds. The normalized spacial score (nSPS) is 20.6. The average molecular weight is 418 g/mol. The van der Waals surface area contributed by atoms with Crippen LogP contribution in [0.2, 0.25) is 0 Å². The van der Waals surface area contributed by atoms with Crippen LogP contribution in [0.15, 0.2) is 53.4 Å². The van der Waals surface area contributed by atoms with Crippen molar-refractivity contribution in [3.8, 4) is 0 Å². The van der Waals surface area contributed by atoms with Crippen molar-refractivity contribution in [2.45, 2.75) is 24.3 Å². The summed E-state index contributed by atoms with van der Waals surface area (Å²) in [5, 5.41) is 0. The maximum atomic E-state index is 13.4. The molecule has 0 saturated carbocycles. The van der Waals surface area contributed by atoms with Crippen LogP contribution in [0, 0.1) is 5.82 Å². The molecule has 0 radical (unpaired) electrons. The topological polar surface area (TPSA) is 60.9 Å². The van der Waals surface area contributed by atoms with Crippen molar-refractivity contribution in [2.24, 2.45) is 0 Å². The summed E-state index contributed by atoms with van der Waals surface area (Å²) >= 11 is 0. The van der Waals surface area contributed by atoms with E-state index in [2.05, 4.69) is 6.07 Å². The Bertz CT molecular complexity index is 1020. The Morgan fingerprint density at radius 3 is 2.52 bits per heavy atom. The van der Waals surface area contributed by atoms with Gasteiger partial charge in [-0.05, 0) is 43.2 Å².